The molecule has 1 unspecified atom stereocenters. The number of carbonyl (C=O) groups excluding carboxylic acids is 1. The fourth-order valence-electron chi connectivity index (χ4n) is 3.02. The zero-order valence-electron chi connectivity index (χ0n) is 13.7. The third kappa shape index (κ3) is 2.80. The van der Waals surface area contributed by atoms with E-state index >= 15 is 0 Å². The van der Waals surface area contributed by atoms with Gasteiger partial charge in [-0.15, -0.1) is 0 Å². The van der Waals surface area contributed by atoms with Crippen molar-refractivity contribution in [3.63, 3.8) is 0 Å². The standard InChI is InChI=1S/C19H19N3O2/c1-3-17(13-7-6-10-20-11-13)22(2)19(24)16-12-21-18(23)15-9-5-4-8-14(15)16/h4-12,17H,3H2,1-2H3,(H,21,23). The predicted octanol–water partition coefficient (Wildman–Crippen LogP) is 3.15. The molecule has 0 saturated carbocycles. The first-order valence-electron chi connectivity index (χ1n) is 7.91. The van der Waals surface area contributed by atoms with Crippen molar-refractivity contribution in [2.45, 2.75) is 19.4 Å². The van der Waals surface area contributed by atoms with E-state index in [4.69, 9.17) is 0 Å². The Morgan fingerprint density at radius 2 is 1.96 bits per heavy atom. The molecule has 0 aliphatic carbocycles. The van der Waals surface area contributed by atoms with Crippen molar-refractivity contribution >= 4 is 16.7 Å². The predicted molar refractivity (Wildman–Crippen MR) is 93.9 cm³/mol. The fraction of sp³-hybridized carbons (Fsp3) is 0.211. The number of carbonyl (C=O) groups is 1. The quantitative estimate of drug-likeness (QED) is 0.803. The first kappa shape index (κ1) is 15.9. The Bertz CT molecular complexity index is 919. The van der Waals surface area contributed by atoms with E-state index in [1.165, 1.54) is 6.20 Å². The Hall–Kier alpha value is -2.95. The molecule has 1 amide bonds. The molecular formula is C19H19N3O2. The zero-order valence-corrected chi connectivity index (χ0v) is 13.7. The number of H-pyrrole nitrogens is 1. The van der Waals surface area contributed by atoms with E-state index in [-0.39, 0.29) is 17.5 Å². The van der Waals surface area contributed by atoms with E-state index < -0.39 is 0 Å². The highest BCUT2D eigenvalue weighted by Crippen LogP contribution is 2.25. The highest BCUT2D eigenvalue weighted by atomic mass is 16.2. The molecule has 2 aromatic heterocycles. The van der Waals surface area contributed by atoms with Crippen LogP contribution < -0.4 is 5.56 Å². The van der Waals surface area contributed by atoms with Crippen molar-refractivity contribution in [3.8, 4) is 0 Å². The van der Waals surface area contributed by atoms with Crippen LogP contribution in [0.15, 0.2) is 59.8 Å². The largest absolute Gasteiger partial charge is 0.335 e. The van der Waals surface area contributed by atoms with Crippen molar-refractivity contribution < 1.29 is 4.79 Å². The molecule has 0 aliphatic rings. The second-order valence-electron chi connectivity index (χ2n) is 5.70. The lowest BCUT2D eigenvalue weighted by molar-refractivity contribution is 0.0727. The minimum Gasteiger partial charge on any atom is -0.335 e. The molecule has 0 saturated heterocycles. The second-order valence-corrected chi connectivity index (χ2v) is 5.70. The molecule has 1 N–H and O–H groups in total. The average molecular weight is 321 g/mol. The number of nitrogens with one attached hydrogen (secondary N) is 1. The lowest BCUT2D eigenvalue weighted by Gasteiger charge is -2.28. The van der Waals surface area contributed by atoms with E-state index in [1.807, 2.05) is 25.1 Å². The van der Waals surface area contributed by atoms with Gasteiger partial charge in [0.15, 0.2) is 0 Å². The summed E-state index contributed by atoms with van der Waals surface area (Å²) in [5.74, 6) is -0.127. The number of aromatic amines is 1. The van der Waals surface area contributed by atoms with E-state index in [0.29, 0.717) is 16.3 Å². The summed E-state index contributed by atoms with van der Waals surface area (Å²) in [6, 6.07) is 10.9. The van der Waals surface area contributed by atoms with Crippen molar-refractivity contribution in [2.75, 3.05) is 7.05 Å². The molecule has 0 radical (unpaired) electrons. The number of aromatic nitrogens is 2. The Balaban J connectivity index is 2.03. The summed E-state index contributed by atoms with van der Waals surface area (Å²) in [7, 11) is 1.78. The van der Waals surface area contributed by atoms with Crippen LogP contribution >= 0.6 is 0 Å². The maximum absolute atomic E-state index is 13.0. The number of pyridine rings is 2. The van der Waals surface area contributed by atoms with Crippen LogP contribution in [-0.4, -0.2) is 27.8 Å². The third-order valence-electron chi connectivity index (χ3n) is 4.28. The SMILES string of the molecule is CCC(c1cccnc1)N(C)C(=O)c1c[nH]c(=O)c2ccccc12. The highest BCUT2D eigenvalue weighted by Gasteiger charge is 2.23. The van der Waals surface area contributed by atoms with Gasteiger partial charge in [0.2, 0.25) is 0 Å². The second kappa shape index (κ2) is 6.66. The van der Waals surface area contributed by atoms with Crippen LogP contribution in [-0.2, 0) is 0 Å². The lowest BCUT2D eigenvalue weighted by atomic mass is 10.0. The smallest absolute Gasteiger partial charge is 0.256 e. The van der Waals surface area contributed by atoms with Gasteiger partial charge in [-0.05, 0) is 24.1 Å². The van der Waals surface area contributed by atoms with Gasteiger partial charge in [-0.3, -0.25) is 14.6 Å². The fourth-order valence-corrected chi connectivity index (χ4v) is 3.02. The summed E-state index contributed by atoms with van der Waals surface area (Å²) >= 11 is 0. The van der Waals surface area contributed by atoms with Crippen LogP contribution in [0.4, 0.5) is 0 Å². The van der Waals surface area contributed by atoms with Crippen LogP contribution in [0.1, 0.15) is 35.3 Å². The monoisotopic (exact) mass is 321 g/mol. The number of amides is 1. The van der Waals surface area contributed by atoms with Gasteiger partial charge in [-0.1, -0.05) is 31.2 Å². The van der Waals surface area contributed by atoms with Crippen LogP contribution in [0, 0.1) is 0 Å². The Morgan fingerprint density at radius 3 is 2.62 bits per heavy atom. The first-order chi connectivity index (χ1) is 11.6. The Morgan fingerprint density at radius 1 is 1.21 bits per heavy atom. The van der Waals surface area contributed by atoms with Gasteiger partial charge in [0.25, 0.3) is 11.5 Å². The van der Waals surface area contributed by atoms with Crippen LogP contribution in [0.5, 0.6) is 0 Å². The van der Waals surface area contributed by atoms with E-state index in [0.717, 1.165) is 12.0 Å². The topological polar surface area (TPSA) is 66.1 Å². The molecule has 1 aromatic carbocycles. The summed E-state index contributed by atoms with van der Waals surface area (Å²) in [6.45, 7) is 2.03. The molecule has 5 heteroatoms. The molecule has 1 atom stereocenters. The van der Waals surface area contributed by atoms with E-state index in [1.54, 1.807) is 42.5 Å². The number of hydrogen-bond donors (Lipinski definition) is 1. The minimum absolute atomic E-state index is 0.0723. The molecule has 2 heterocycles. The van der Waals surface area contributed by atoms with Gasteiger partial charge in [-0.25, -0.2) is 0 Å². The van der Waals surface area contributed by atoms with E-state index in [9.17, 15) is 9.59 Å². The molecule has 122 valence electrons. The zero-order chi connectivity index (χ0) is 17.1. The number of rotatable bonds is 4. The van der Waals surface area contributed by atoms with Crippen LogP contribution in [0.2, 0.25) is 0 Å². The first-order valence-corrected chi connectivity index (χ1v) is 7.91. The maximum Gasteiger partial charge on any atom is 0.256 e. The van der Waals surface area contributed by atoms with Gasteiger partial charge in [0.05, 0.1) is 11.6 Å². The molecule has 0 spiro atoms. The highest BCUT2D eigenvalue weighted by molar-refractivity contribution is 6.06. The maximum atomic E-state index is 13.0. The minimum atomic E-state index is -0.191. The van der Waals surface area contributed by atoms with Crippen molar-refractivity contribution in [3.05, 3.63) is 76.5 Å². The normalized spacial score (nSPS) is 12.1. The van der Waals surface area contributed by atoms with Gasteiger partial charge in [0.1, 0.15) is 0 Å². The average Bonchev–Trinajstić information content (AvgIpc) is 2.63. The van der Waals surface area contributed by atoms with Gasteiger partial charge in [0, 0.05) is 36.4 Å². The lowest BCUT2D eigenvalue weighted by Crippen LogP contribution is -2.31. The number of fused-ring (bicyclic) bond motifs is 1. The Kier molecular flexibility index (Phi) is 4.42. The summed E-state index contributed by atoms with van der Waals surface area (Å²) < 4.78 is 0. The van der Waals surface area contributed by atoms with Crippen LogP contribution in [0.25, 0.3) is 10.8 Å². The summed E-state index contributed by atoms with van der Waals surface area (Å²) in [5.41, 5.74) is 1.30. The molecule has 0 aliphatic heterocycles. The van der Waals surface area contributed by atoms with Crippen molar-refractivity contribution in [1.82, 2.24) is 14.9 Å². The number of nitrogens with zero attached hydrogens (tertiary/aromatic N) is 2. The van der Waals surface area contributed by atoms with Gasteiger partial charge >= 0.3 is 0 Å². The molecule has 24 heavy (non-hydrogen) atoms. The third-order valence-corrected chi connectivity index (χ3v) is 4.28. The summed E-state index contributed by atoms with van der Waals surface area (Å²) in [6.07, 6.45) is 5.77. The van der Waals surface area contributed by atoms with E-state index in [2.05, 4.69) is 9.97 Å². The number of hydrogen-bond acceptors (Lipinski definition) is 3. The Labute approximate surface area is 140 Å². The molecule has 0 fully saturated rings. The molecular weight excluding hydrogens is 302 g/mol. The molecule has 0 bridgehead atoms. The molecule has 3 rings (SSSR count). The molecule has 5 nitrogen and oxygen atoms in total. The summed E-state index contributed by atoms with van der Waals surface area (Å²) in [4.78, 5) is 33.5. The van der Waals surface area contributed by atoms with Crippen molar-refractivity contribution in [1.29, 1.82) is 0 Å². The molecule has 3 aromatic rings. The number of benzene rings is 1. The van der Waals surface area contributed by atoms with Gasteiger partial charge in [-0.2, -0.15) is 0 Å². The van der Waals surface area contributed by atoms with Gasteiger partial charge < -0.3 is 9.88 Å². The summed E-state index contributed by atoms with van der Waals surface area (Å²) in [5, 5.41) is 1.19. The van der Waals surface area contributed by atoms with Crippen molar-refractivity contribution in [2.24, 2.45) is 0 Å². The van der Waals surface area contributed by atoms with Crippen LogP contribution in [0.3, 0.4) is 0 Å².